The van der Waals surface area contributed by atoms with E-state index in [1.54, 1.807) is 0 Å². The molecule has 0 radical (unpaired) electrons. The van der Waals surface area contributed by atoms with Crippen molar-refractivity contribution in [3.8, 4) is 0 Å². The third-order valence-electron chi connectivity index (χ3n) is 0.956. The van der Waals surface area contributed by atoms with Crippen LogP contribution in [0.4, 0.5) is 0 Å². The average molecular weight is 129 g/mol. The first-order valence-corrected chi connectivity index (χ1v) is 2.51. The lowest BCUT2D eigenvalue weighted by Crippen LogP contribution is -2.34. The van der Waals surface area contributed by atoms with Gasteiger partial charge in [0.1, 0.15) is 0 Å². The highest BCUT2D eigenvalue weighted by Crippen LogP contribution is 2.16. The van der Waals surface area contributed by atoms with E-state index in [0.29, 0.717) is 0 Å². The molecule has 1 heterocycles. The van der Waals surface area contributed by atoms with Gasteiger partial charge in [-0.25, -0.2) is 0 Å². The molecule has 0 saturated carbocycles. The maximum atomic E-state index is 8.41. The van der Waals surface area contributed by atoms with Crippen molar-refractivity contribution >= 4 is 0 Å². The van der Waals surface area contributed by atoms with Crippen molar-refractivity contribution in [3.05, 3.63) is 0 Å². The van der Waals surface area contributed by atoms with Crippen LogP contribution >= 0.6 is 0 Å². The largest absolute Gasteiger partial charge is 0.396 e. The highest BCUT2D eigenvalue weighted by Gasteiger charge is 2.25. The number of aliphatic hydroxyl groups is 1. The van der Waals surface area contributed by atoms with Gasteiger partial charge in [-0.15, -0.1) is 10.2 Å². The van der Waals surface area contributed by atoms with Gasteiger partial charge in [0.25, 0.3) is 0 Å². The molecule has 0 fully saturated rings. The minimum Gasteiger partial charge on any atom is -0.396 e. The van der Waals surface area contributed by atoms with E-state index >= 15 is 0 Å². The standard InChI is InChI=1S/C3H7N5O/c4-3(1-2-9)5-7-8-6-3/h9H,1-2,4H2. The Morgan fingerprint density at radius 1 is 1.33 bits per heavy atom. The molecule has 6 nitrogen and oxygen atoms in total. The molecular formula is C3H7N5O. The zero-order valence-corrected chi connectivity index (χ0v) is 4.73. The fourth-order valence-corrected chi connectivity index (χ4v) is 0.479. The van der Waals surface area contributed by atoms with Crippen molar-refractivity contribution in [2.24, 2.45) is 26.4 Å². The third kappa shape index (κ3) is 1.27. The lowest BCUT2D eigenvalue weighted by atomic mass is 10.3. The molecule has 0 saturated heterocycles. The second-order valence-electron chi connectivity index (χ2n) is 1.73. The van der Waals surface area contributed by atoms with Gasteiger partial charge in [0.2, 0.25) is 5.79 Å². The number of nitrogens with two attached hydrogens (primary N) is 1. The Balaban J connectivity index is 2.53. The summed E-state index contributed by atoms with van der Waals surface area (Å²) in [6.45, 7) is -0.0610. The van der Waals surface area contributed by atoms with Crippen LogP contribution in [0.15, 0.2) is 20.7 Å². The van der Waals surface area contributed by atoms with Crippen molar-refractivity contribution in [3.63, 3.8) is 0 Å². The van der Waals surface area contributed by atoms with Crippen LogP contribution in [-0.4, -0.2) is 17.5 Å². The summed E-state index contributed by atoms with van der Waals surface area (Å²) in [4.78, 5) is 0. The van der Waals surface area contributed by atoms with Crippen molar-refractivity contribution in [1.82, 2.24) is 0 Å². The van der Waals surface area contributed by atoms with Gasteiger partial charge < -0.3 is 5.11 Å². The maximum Gasteiger partial charge on any atom is 0.246 e. The Labute approximate surface area is 51.5 Å². The van der Waals surface area contributed by atoms with Crippen LogP contribution in [0.3, 0.4) is 0 Å². The van der Waals surface area contributed by atoms with Gasteiger partial charge in [-0.05, 0) is 10.4 Å². The lowest BCUT2D eigenvalue weighted by molar-refractivity contribution is 0.244. The molecule has 1 aliphatic rings. The number of nitrogens with zero attached hydrogens (tertiary/aromatic N) is 4. The molecule has 0 unspecified atom stereocenters. The van der Waals surface area contributed by atoms with Crippen LogP contribution in [0.25, 0.3) is 0 Å². The van der Waals surface area contributed by atoms with Gasteiger partial charge in [-0.2, -0.15) is 0 Å². The molecule has 50 valence electrons. The number of aliphatic hydroxyl groups excluding tert-OH is 1. The van der Waals surface area contributed by atoms with E-state index in [4.69, 9.17) is 10.8 Å². The Kier molecular flexibility index (Phi) is 1.50. The minimum atomic E-state index is -1.09. The molecule has 0 aliphatic carbocycles. The zero-order valence-electron chi connectivity index (χ0n) is 4.73. The Morgan fingerprint density at radius 3 is 2.33 bits per heavy atom. The molecule has 1 aliphatic heterocycles. The molecule has 0 atom stereocenters. The van der Waals surface area contributed by atoms with Gasteiger partial charge >= 0.3 is 0 Å². The SMILES string of the molecule is NC1(CCO)N=NN=N1. The van der Waals surface area contributed by atoms with Crippen molar-refractivity contribution in [2.75, 3.05) is 6.61 Å². The van der Waals surface area contributed by atoms with Gasteiger partial charge in [-0.1, -0.05) is 0 Å². The number of rotatable bonds is 2. The Hall–Kier alpha value is -0.880. The van der Waals surface area contributed by atoms with Crippen molar-refractivity contribution in [2.45, 2.75) is 12.2 Å². The number of hydrogen-bond donors (Lipinski definition) is 2. The lowest BCUT2D eigenvalue weighted by Gasteiger charge is -2.09. The van der Waals surface area contributed by atoms with E-state index in [1.807, 2.05) is 0 Å². The quantitative estimate of drug-likeness (QED) is 0.540. The molecule has 0 aromatic rings. The summed E-state index contributed by atoms with van der Waals surface area (Å²) >= 11 is 0. The van der Waals surface area contributed by atoms with Gasteiger partial charge in [0.15, 0.2) is 0 Å². The van der Waals surface area contributed by atoms with Gasteiger partial charge in [-0.3, -0.25) is 5.73 Å². The predicted octanol–water partition coefficient (Wildman–Crippen LogP) is -0.186. The Bertz CT molecular complexity index is 140. The first-order chi connectivity index (χ1) is 4.27. The fourth-order valence-electron chi connectivity index (χ4n) is 0.479. The fraction of sp³-hybridized carbons (Fsp3) is 1.00. The smallest absolute Gasteiger partial charge is 0.246 e. The maximum absolute atomic E-state index is 8.41. The number of hydrogen-bond acceptors (Lipinski definition) is 6. The van der Waals surface area contributed by atoms with Crippen LogP contribution in [0.5, 0.6) is 0 Å². The second-order valence-corrected chi connectivity index (χ2v) is 1.73. The van der Waals surface area contributed by atoms with E-state index in [9.17, 15) is 0 Å². The summed E-state index contributed by atoms with van der Waals surface area (Å²) in [5.41, 5.74) is 5.39. The van der Waals surface area contributed by atoms with Crippen LogP contribution in [-0.2, 0) is 0 Å². The molecule has 0 aromatic heterocycles. The van der Waals surface area contributed by atoms with E-state index in [2.05, 4.69) is 20.7 Å². The summed E-state index contributed by atoms with van der Waals surface area (Å²) in [5.74, 6) is -1.09. The summed E-state index contributed by atoms with van der Waals surface area (Å²) in [6, 6.07) is 0. The van der Waals surface area contributed by atoms with Crippen LogP contribution < -0.4 is 5.73 Å². The summed E-state index contributed by atoms with van der Waals surface area (Å²) in [5, 5.41) is 21.7. The average Bonchev–Trinajstić information content (AvgIpc) is 2.16. The van der Waals surface area contributed by atoms with Crippen molar-refractivity contribution in [1.29, 1.82) is 0 Å². The minimum absolute atomic E-state index is 0.0610. The van der Waals surface area contributed by atoms with Gasteiger partial charge in [0.05, 0.1) is 0 Å². The second kappa shape index (κ2) is 2.16. The highest BCUT2D eigenvalue weighted by molar-refractivity contribution is 4.76. The van der Waals surface area contributed by atoms with E-state index in [-0.39, 0.29) is 13.0 Å². The molecular weight excluding hydrogens is 122 g/mol. The molecule has 9 heavy (non-hydrogen) atoms. The van der Waals surface area contributed by atoms with E-state index in [0.717, 1.165) is 0 Å². The third-order valence-corrected chi connectivity index (χ3v) is 0.956. The zero-order chi connectivity index (χ0) is 6.74. The molecule has 1 rings (SSSR count). The van der Waals surface area contributed by atoms with Gasteiger partial charge in [0, 0.05) is 13.0 Å². The first-order valence-electron chi connectivity index (χ1n) is 2.51. The topological polar surface area (TPSA) is 95.7 Å². The first kappa shape index (κ1) is 6.24. The Morgan fingerprint density at radius 2 is 1.89 bits per heavy atom. The monoisotopic (exact) mass is 129 g/mol. The van der Waals surface area contributed by atoms with E-state index in [1.165, 1.54) is 0 Å². The molecule has 0 spiro atoms. The summed E-state index contributed by atoms with van der Waals surface area (Å²) in [6.07, 6.45) is 0.264. The summed E-state index contributed by atoms with van der Waals surface area (Å²) < 4.78 is 0. The summed E-state index contributed by atoms with van der Waals surface area (Å²) in [7, 11) is 0. The normalized spacial score (nSPS) is 21.1. The molecule has 0 amide bonds. The molecule has 0 aromatic carbocycles. The van der Waals surface area contributed by atoms with E-state index < -0.39 is 5.79 Å². The molecule has 6 heteroatoms. The molecule has 3 N–H and O–H groups in total. The van der Waals surface area contributed by atoms with Crippen molar-refractivity contribution < 1.29 is 5.11 Å². The van der Waals surface area contributed by atoms with Crippen LogP contribution in [0.1, 0.15) is 6.42 Å². The highest BCUT2D eigenvalue weighted by atomic mass is 16.3. The van der Waals surface area contributed by atoms with Crippen LogP contribution in [0, 0.1) is 0 Å². The molecule has 0 bridgehead atoms. The van der Waals surface area contributed by atoms with Crippen LogP contribution in [0.2, 0.25) is 0 Å². The predicted molar refractivity (Wildman–Crippen MR) is 28.3 cm³/mol.